The van der Waals surface area contributed by atoms with E-state index >= 15 is 0 Å². The van der Waals surface area contributed by atoms with E-state index in [-0.39, 0.29) is 6.10 Å². The number of nitrogens with one attached hydrogen (secondary N) is 1. The fraction of sp³-hybridized carbons (Fsp3) is 0.350. The molecule has 3 rings (SSSR count). The van der Waals surface area contributed by atoms with E-state index in [4.69, 9.17) is 27.9 Å². The van der Waals surface area contributed by atoms with Gasteiger partial charge in [-0.1, -0.05) is 53.2 Å². The maximum atomic E-state index is 6.30. The second-order valence-corrected chi connectivity index (χ2v) is 8.54. The number of halogens is 2. The van der Waals surface area contributed by atoms with Gasteiger partial charge in [-0.2, -0.15) is 4.68 Å². The van der Waals surface area contributed by atoms with Gasteiger partial charge in [-0.25, -0.2) is 0 Å². The molecule has 0 aliphatic rings. The second kappa shape index (κ2) is 10.8. The molecule has 1 N–H and O–H groups in total. The predicted octanol–water partition coefficient (Wildman–Crippen LogP) is 5.03. The molecule has 0 bridgehead atoms. The monoisotopic (exact) mass is 451 g/mol. The van der Waals surface area contributed by atoms with Gasteiger partial charge in [0.25, 0.3) is 0 Å². The third-order valence-electron chi connectivity index (χ3n) is 3.93. The molecule has 0 spiro atoms. The summed E-state index contributed by atoms with van der Waals surface area (Å²) in [5.74, 6) is 1.58. The number of tetrazole rings is 1. The van der Waals surface area contributed by atoms with Gasteiger partial charge in [0, 0.05) is 22.9 Å². The molecule has 2 aromatic carbocycles. The van der Waals surface area contributed by atoms with E-state index in [9.17, 15) is 0 Å². The number of hydrogen-bond acceptors (Lipinski definition) is 6. The van der Waals surface area contributed by atoms with E-state index in [1.165, 1.54) is 0 Å². The number of thioether (sulfide) groups is 1. The van der Waals surface area contributed by atoms with Gasteiger partial charge in [0.15, 0.2) is 0 Å². The van der Waals surface area contributed by atoms with Crippen LogP contribution in [-0.4, -0.2) is 38.6 Å². The summed E-state index contributed by atoms with van der Waals surface area (Å²) in [5.41, 5.74) is 1.91. The Morgan fingerprint density at radius 1 is 1.17 bits per heavy atom. The Hall–Kier alpha value is -1.80. The van der Waals surface area contributed by atoms with Crippen LogP contribution in [0.15, 0.2) is 47.6 Å². The SMILES string of the molecule is CC(C)Oc1c(Cl)cc(Cl)cc1CNCCCSc1nnnn1-c1ccccc1. The van der Waals surface area contributed by atoms with Gasteiger partial charge in [-0.3, -0.25) is 0 Å². The predicted molar refractivity (Wildman–Crippen MR) is 118 cm³/mol. The highest BCUT2D eigenvalue weighted by atomic mass is 35.5. The average molecular weight is 452 g/mol. The van der Waals surface area contributed by atoms with Crippen molar-refractivity contribution in [1.29, 1.82) is 0 Å². The summed E-state index contributed by atoms with van der Waals surface area (Å²) in [6.45, 7) is 5.42. The van der Waals surface area contributed by atoms with Crippen molar-refractivity contribution >= 4 is 35.0 Å². The highest BCUT2D eigenvalue weighted by Gasteiger charge is 2.12. The van der Waals surface area contributed by atoms with Crippen molar-refractivity contribution in [2.45, 2.75) is 38.1 Å². The largest absolute Gasteiger partial charge is 0.489 e. The molecule has 0 radical (unpaired) electrons. The van der Waals surface area contributed by atoms with E-state index in [0.717, 1.165) is 35.1 Å². The van der Waals surface area contributed by atoms with Crippen molar-refractivity contribution in [2.75, 3.05) is 12.3 Å². The Kier molecular flexibility index (Phi) is 8.18. The highest BCUT2D eigenvalue weighted by molar-refractivity contribution is 7.99. The van der Waals surface area contributed by atoms with Crippen molar-refractivity contribution in [2.24, 2.45) is 0 Å². The lowest BCUT2D eigenvalue weighted by molar-refractivity contribution is 0.239. The van der Waals surface area contributed by atoms with Crippen molar-refractivity contribution in [1.82, 2.24) is 25.5 Å². The average Bonchev–Trinajstić information content (AvgIpc) is 3.16. The Labute approximate surface area is 184 Å². The first-order valence-electron chi connectivity index (χ1n) is 9.36. The zero-order valence-corrected chi connectivity index (χ0v) is 18.6. The molecule has 9 heteroatoms. The number of hydrogen-bond donors (Lipinski definition) is 1. The topological polar surface area (TPSA) is 64.9 Å². The van der Waals surface area contributed by atoms with Gasteiger partial charge in [-0.05, 0) is 61.5 Å². The van der Waals surface area contributed by atoms with E-state index in [1.807, 2.05) is 50.2 Å². The summed E-state index contributed by atoms with van der Waals surface area (Å²) in [7, 11) is 0. The number of aromatic nitrogens is 4. The summed E-state index contributed by atoms with van der Waals surface area (Å²) < 4.78 is 7.61. The minimum Gasteiger partial charge on any atom is -0.489 e. The number of rotatable bonds is 10. The number of benzene rings is 2. The molecule has 1 heterocycles. The van der Waals surface area contributed by atoms with Crippen molar-refractivity contribution < 1.29 is 4.74 Å². The molecular weight excluding hydrogens is 429 g/mol. The Morgan fingerprint density at radius 2 is 1.97 bits per heavy atom. The highest BCUT2D eigenvalue weighted by Crippen LogP contribution is 2.33. The van der Waals surface area contributed by atoms with E-state index in [2.05, 4.69) is 20.8 Å². The maximum absolute atomic E-state index is 6.30. The fourth-order valence-corrected chi connectivity index (χ4v) is 4.11. The first-order valence-corrected chi connectivity index (χ1v) is 11.1. The van der Waals surface area contributed by atoms with Crippen LogP contribution in [0.25, 0.3) is 5.69 Å². The molecule has 0 atom stereocenters. The quantitative estimate of drug-likeness (QED) is 0.344. The molecule has 0 amide bonds. The number of para-hydroxylation sites is 1. The number of ether oxygens (including phenoxy) is 1. The molecule has 0 saturated carbocycles. The smallest absolute Gasteiger partial charge is 0.214 e. The summed E-state index contributed by atoms with van der Waals surface area (Å²) >= 11 is 14.1. The normalized spacial score (nSPS) is 11.2. The van der Waals surface area contributed by atoms with Crippen LogP contribution in [0.5, 0.6) is 5.75 Å². The van der Waals surface area contributed by atoms with Gasteiger partial charge < -0.3 is 10.1 Å². The van der Waals surface area contributed by atoms with Gasteiger partial charge in [0.2, 0.25) is 5.16 Å². The van der Waals surface area contributed by atoms with Crippen LogP contribution < -0.4 is 10.1 Å². The van der Waals surface area contributed by atoms with Gasteiger partial charge in [-0.15, -0.1) is 5.10 Å². The van der Waals surface area contributed by atoms with Crippen LogP contribution in [0.4, 0.5) is 0 Å². The van der Waals surface area contributed by atoms with Crippen LogP contribution in [-0.2, 0) is 6.54 Å². The molecule has 0 aliphatic carbocycles. The van der Waals surface area contributed by atoms with Crippen LogP contribution in [0, 0.1) is 0 Å². The lowest BCUT2D eigenvalue weighted by Crippen LogP contribution is -2.17. The molecule has 6 nitrogen and oxygen atoms in total. The van der Waals surface area contributed by atoms with Gasteiger partial charge >= 0.3 is 0 Å². The molecule has 0 saturated heterocycles. The molecule has 3 aromatic rings. The lowest BCUT2D eigenvalue weighted by atomic mass is 10.2. The van der Waals surface area contributed by atoms with Gasteiger partial charge in [0.1, 0.15) is 5.75 Å². The van der Waals surface area contributed by atoms with Crippen molar-refractivity contribution in [3.63, 3.8) is 0 Å². The van der Waals surface area contributed by atoms with E-state index in [1.54, 1.807) is 22.5 Å². The minimum absolute atomic E-state index is 0.0411. The van der Waals surface area contributed by atoms with Crippen molar-refractivity contribution in [3.05, 3.63) is 58.1 Å². The summed E-state index contributed by atoms with van der Waals surface area (Å²) in [6, 6.07) is 13.5. The standard InChI is InChI=1S/C20H23Cl2N5OS/c1-14(2)28-19-15(11-16(21)12-18(19)22)13-23-9-6-10-29-20-24-25-26-27(20)17-7-4-3-5-8-17/h3-5,7-8,11-12,14,23H,6,9-10,13H2,1-2H3. The van der Waals surface area contributed by atoms with E-state index < -0.39 is 0 Å². The van der Waals surface area contributed by atoms with Crippen LogP contribution in [0.2, 0.25) is 10.0 Å². The zero-order chi connectivity index (χ0) is 20.6. The zero-order valence-electron chi connectivity index (χ0n) is 16.3. The van der Waals surface area contributed by atoms with Crippen LogP contribution in [0.1, 0.15) is 25.8 Å². The van der Waals surface area contributed by atoms with E-state index in [0.29, 0.717) is 22.3 Å². The molecule has 0 unspecified atom stereocenters. The molecule has 154 valence electrons. The first-order chi connectivity index (χ1) is 14.0. The molecule has 0 fully saturated rings. The summed E-state index contributed by atoms with van der Waals surface area (Å²) in [5, 5.41) is 17.3. The molecule has 1 aromatic heterocycles. The number of nitrogens with zero attached hydrogens (tertiary/aromatic N) is 4. The van der Waals surface area contributed by atoms with Gasteiger partial charge in [0.05, 0.1) is 16.8 Å². The van der Waals surface area contributed by atoms with Crippen LogP contribution in [0.3, 0.4) is 0 Å². The first kappa shape index (κ1) is 21.9. The fourth-order valence-electron chi connectivity index (χ4n) is 2.70. The molecular formula is C20H23Cl2N5OS. The second-order valence-electron chi connectivity index (χ2n) is 6.63. The third kappa shape index (κ3) is 6.34. The molecule has 29 heavy (non-hydrogen) atoms. The molecule has 0 aliphatic heterocycles. The Balaban J connectivity index is 1.48. The Bertz CT molecular complexity index is 920. The maximum Gasteiger partial charge on any atom is 0.214 e. The lowest BCUT2D eigenvalue weighted by Gasteiger charge is -2.16. The van der Waals surface area contributed by atoms with Crippen molar-refractivity contribution in [3.8, 4) is 11.4 Å². The summed E-state index contributed by atoms with van der Waals surface area (Å²) in [4.78, 5) is 0. The third-order valence-corrected chi connectivity index (χ3v) is 5.43. The minimum atomic E-state index is 0.0411. The Morgan fingerprint density at radius 3 is 2.72 bits per heavy atom. The summed E-state index contributed by atoms with van der Waals surface area (Å²) in [6.07, 6.45) is 1.00. The van der Waals surface area contributed by atoms with Crippen LogP contribution >= 0.6 is 35.0 Å².